The van der Waals surface area contributed by atoms with Gasteiger partial charge in [-0.2, -0.15) is 0 Å². The van der Waals surface area contributed by atoms with Gasteiger partial charge in [0.15, 0.2) is 0 Å². The van der Waals surface area contributed by atoms with Crippen molar-refractivity contribution in [1.82, 2.24) is 9.97 Å². The first-order valence-corrected chi connectivity index (χ1v) is 7.60. The van der Waals surface area contributed by atoms with Crippen molar-refractivity contribution in [3.05, 3.63) is 40.1 Å². The number of benzene rings is 1. The first-order chi connectivity index (χ1) is 9.29. The summed E-state index contributed by atoms with van der Waals surface area (Å²) in [5, 5.41) is 0.179. The third-order valence-electron chi connectivity index (χ3n) is 2.46. The molecule has 0 saturated heterocycles. The minimum absolute atomic E-state index is 0.0613. The third kappa shape index (κ3) is 3.12. The van der Waals surface area contributed by atoms with Crippen molar-refractivity contribution in [2.24, 2.45) is 0 Å². The van der Waals surface area contributed by atoms with E-state index in [1.807, 2.05) is 0 Å². The average Bonchev–Trinajstić information content (AvgIpc) is 2.33. The molecule has 1 aromatic carbocycles. The summed E-state index contributed by atoms with van der Waals surface area (Å²) >= 11 is 11.6. The summed E-state index contributed by atoms with van der Waals surface area (Å²) in [5.74, 6) is -0.146. The molecular weight excluding hydrogens is 323 g/mol. The van der Waals surface area contributed by atoms with E-state index in [4.69, 9.17) is 28.9 Å². The highest BCUT2D eigenvalue weighted by atomic mass is 35.5. The van der Waals surface area contributed by atoms with E-state index >= 15 is 0 Å². The summed E-state index contributed by atoms with van der Waals surface area (Å²) in [4.78, 5) is 7.36. The predicted molar refractivity (Wildman–Crippen MR) is 78.5 cm³/mol. The third-order valence-corrected chi connectivity index (χ3v) is 4.46. The maximum Gasteiger partial charge on any atom is 0.265 e. The second-order valence-electron chi connectivity index (χ2n) is 3.95. The van der Waals surface area contributed by atoms with Gasteiger partial charge in [0.2, 0.25) is 5.95 Å². The number of aryl methyl sites for hydroxylation is 1. The molecule has 0 radical (unpaired) electrons. The van der Waals surface area contributed by atoms with Crippen LogP contribution in [0.3, 0.4) is 0 Å². The van der Waals surface area contributed by atoms with Gasteiger partial charge in [0.25, 0.3) is 10.0 Å². The zero-order valence-electron chi connectivity index (χ0n) is 10.3. The highest BCUT2D eigenvalue weighted by Gasteiger charge is 2.20. The van der Waals surface area contributed by atoms with E-state index < -0.39 is 10.0 Å². The van der Waals surface area contributed by atoms with Crippen molar-refractivity contribution < 1.29 is 8.42 Å². The van der Waals surface area contributed by atoms with Gasteiger partial charge in [-0.15, -0.1) is 0 Å². The van der Waals surface area contributed by atoms with Gasteiger partial charge in [-0.3, -0.25) is 0 Å². The van der Waals surface area contributed by atoms with Gasteiger partial charge in [-0.25, -0.2) is 23.1 Å². The Bertz CT molecular complexity index is 765. The Morgan fingerprint density at radius 3 is 2.65 bits per heavy atom. The van der Waals surface area contributed by atoms with Crippen LogP contribution >= 0.6 is 23.2 Å². The molecule has 0 bridgehead atoms. The number of nitrogens with one attached hydrogen (secondary N) is 1. The van der Waals surface area contributed by atoms with Crippen molar-refractivity contribution in [1.29, 1.82) is 0 Å². The smallest absolute Gasteiger partial charge is 0.265 e. The molecule has 0 unspecified atom stereocenters. The van der Waals surface area contributed by atoms with Crippen molar-refractivity contribution in [3.8, 4) is 0 Å². The minimum atomic E-state index is -3.95. The molecule has 20 heavy (non-hydrogen) atoms. The van der Waals surface area contributed by atoms with E-state index in [1.165, 1.54) is 24.4 Å². The minimum Gasteiger partial charge on any atom is -0.398 e. The number of hydrogen-bond donors (Lipinski definition) is 2. The van der Waals surface area contributed by atoms with Crippen molar-refractivity contribution >= 4 is 44.9 Å². The summed E-state index contributed by atoms with van der Waals surface area (Å²) in [6, 6.07) is 4.19. The molecule has 2 aromatic rings. The van der Waals surface area contributed by atoms with Crippen molar-refractivity contribution in [2.45, 2.75) is 11.8 Å². The zero-order chi connectivity index (χ0) is 14.9. The highest BCUT2D eigenvalue weighted by Crippen LogP contribution is 2.27. The molecule has 0 spiro atoms. The Hall–Kier alpha value is -1.57. The second-order valence-corrected chi connectivity index (χ2v) is 6.39. The molecule has 0 aliphatic carbocycles. The number of rotatable bonds is 3. The van der Waals surface area contributed by atoms with E-state index in [0.717, 1.165) is 0 Å². The number of hydrogen-bond acceptors (Lipinski definition) is 5. The Balaban J connectivity index is 2.43. The number of nitrogen functional groups attached to an aromatic ring is 1. The fraction of sp³-hybridized carbons (Fsp3) is 0.0909. The lowest BCUT2D eigenvalue weighted by Gasteiger charge is -2.10. The van der Waals surface area contributed by atoms with E-state index in [-0.39, 0.29) is 21.0 Å². The number of halogens is 2. The summed E-state index contributed by atoms with van der Waals surface area (Å²) < 4.78 is 26.6. The molecule has 0 amide bonds. The Morgan fingerprint density at radius 2 is 2.00 bits per heavy atom. The van der Waals surface area contributed by atoms with Crippen LogP contribution in [0.25, 0.3) is 0 Å². The fourth-order valence-corrected chi connectivity index (χ4v) is 3.14. The monoisotopic (exact) mass is 332 g/mol. The number of sulfonamides is 1. The summed E-state index contributed by atoms with van der Waals surface area (Å²) in [6.07, 6.45) is 1.33. The van der Waals surface area contributed by atoms with Gasteiger partial charge in [0, 0.05) is 11.9 Å². The lowest BCUT2D eigenvalue weighted by molar-refractivity contribution is 0.601. The fourth-order valence-electron chi connectivity index (χ4n) is 1.44. The van der Waals surface area contributed by atoms with Crippen LogP contribution in [0.15, 0.2) is 29.3 Å². The SMILES string of the molecule is Cc1cc(Cl)c(S(=O)(=O)Nc2nccc(Cl)n2)cc1N. The maximum absolute atomic E-state index is 12.2. The molecule has 0 saturated carbocycles. The van der Waals surface area contributed by atoms with Crippen LogP contribution in [0, 0.1) is 6.92 Å². The number of aromatic nitrogens is 2. The molecule has 0 aliphatic rings. The molecule has 1 heterocycles. The van der Waals surface area contributed by atoms with E-state index in [9.17, 15) is 8.42 Å². The van der Waals surface area contributed by atoms with Crippen molar-refractivity contribution in [3.63, 3.8) is 0 Å². The average molecular weight is 333 g/mol. The van der Waals surface area contributed by atoms with E-state index in [1.54, 1.807) is 6.92 Å². The standard InChI is InChI=1S/C11H10Cl2N4O2S/c1-6-4-7(12)9(5-8(6)14)20(18,19)17-11-15-3-2-10(13)16-11/h2-5H,14H2,1H3,(H,15,16,17). The topological polar surface area (TPSA) is 98.0 Å². The zero-order valence-corrected chi connectivity index (χ0v) is 12.6. The van der Waals surface area contributed by atoms with Crippen LogP contribution in [-0.4, -0.2) is 18.4 Å². The van der Waals surface area contributed by atoms with Gasteiger partial charge in [0.05, 0.1) is 5.02 Å². The first-order valence-electron chi connectivity index (χ1n) is 5.36. The number of anilines is 2. The first kappa shape index (κ1) is 14.8. The van der Waals surface area contributed by atoms with Gasteiger partial charge >= 0.3 is 0 Å². The van der Waals surface area contributed by atoms with Crippen molar-refractivity contribution in [2.75, 3.05) is 10.5 Å². The Labute approximate surface area is 126 Å². The molecule has 6 nitrogen and oxygen atoms in total. The molecule has 106 valence electrons. The quantitative estimate of drug-likeness (QED) is 0.664. The Morgan fingerprint density at radius 1 is 1.30 bits per heavy atom. The summed E-state index contributed by atoms with van der Waals surface area (Å²) in [6.45, 7) is 1.73. The van der Waals surface area contributed by atoms with Crippen LogP contribution in [0.4, 0.5) is 11.6 Å². The molecule has 1 aromatic heterocycles. The molecule has 3 N–H and O–H groups in total. The molecule has 9 heteroatoms. The van der Waals surface area contributed by atoms with Gasteiger partial charge < -0.3 is 5.73 Å². The predicted octanol–water partition coefficient (Wildman–Crippen LogP) is 2.47. The maximum atomic E-state index is 12.2. The highest BCUT2D eigenvalue weighted by molar-refractivity contribution is 7.92. The molecule has 0 atom stereocenters. The molecule has 0 aliphatic heterocycles. The number of nitrogens with zero attached hydrogens (tertiary/aromatic N) is 2. The van der Waals surface area contributed by atoms with Crippen LogP contribution < -0.4 is 10.5 Å². The normalized spacial score (nSPS) is 11.3. The van der Waals surface area contributed by atoms with Gasteiger partial charge in [-0.1, -0.05) is 23.2 Å². The van der Waals surface area contributed by atoms with Gasteiger partial charge in [-0.05, 0) is 30.7 Å². The summed E-state index contributed by atoms with van der Waals surface area (Å²) in [7, 11) is -3.95. The molecule has 2 rings (SSSR count). The molecular formula is C11H10Cl2N4O2S. The summed E-state index contributed by atoms with van der Waals surface area (Å²) in [5.41, 5.74) is 6.71. The second kappa shape index (κ2) is 5.43. The van der Waals surface area contributed by atoms with E-state index in [0.29, 0.717) is 11.3 Å². The lowest BCUT2D eigenvalue weighted by atomic mass is 10.2. The van der Waals surface area contributed by atoms with Gasteiger partial charge in [0.1, 0.15) is 10.0 Å². The lowest BCUT2D eigenvalue weighted by Crippen LogP contribution is -2.16. The van der Waals surface area contributed by atoms with Crippen LogP contribution in [0.2, 0.25) is 10.2 Å². The number of nitrogens with two attached hydrogens (primary N) is 1. The van der Waals surface area contributed by atoms with Crippen LogP contribution in [0.1, 0.15) is 5.56 Å². The largest absolute Gasteiger partial charge is 0.398 e. The van der Waals surface area contributed by atoms with Crippen LogP contribution in [-0.2, 0) is 10.0 Å². The molecule has 0 fully saturated rings. The van der Waals surface area contributed by atoms with Crippen LogP contribution in [0.5, 0.6) is 0 Å². The van der Waals surface area contributed by atoms with E-state index in [2.05, 4.69) is 14.7 Å². The Kier molecular flexibility index (Phi) is 4.03.